The number of aromatic nitrogens is 1. The summed E-state index contributed by atoms with van der Waals surface area (Å²) in [7, 11) is 0. The quantitative estimate of drug-likeness (QED) is 0.563. The van der Waals surface area contributed by atoms with E-state index in [4.69, 9.17) is 9.47 Å². The first-order valence-corrected chi connectivity index (χ1v) is 11.0. The van der Waals surface area contributed by atoms with Crippen LogP contribution in [0.15, 0.2) is 79.0 Å². The molecule has 2 heterocycles. The minimum atomic E-state index is -0.224. The SMILES string of the molecule is O=C(C(CNCc1cccc(OCc2ccccn2)c1)c1ccccc1)N1CCOCC1. The number of hydrogen-bond acceptors (Lipinski definition) is 5. The van der Waals surface area contributed by atoms with Crippen LogP contribution in [0.25, 0.3) is 0 Å². The molecule has 1 amide bonds. The molecule has 0 bridgehead atoms. The molecule has 3 aromatic rings. The molecule has 1 N–H and O–H groups in total. The molecule has 1 unspecified atom stereocenters. The molecule has 0 saturated carbocycles. The molecule has 0 aliphatic carbocycles. The van der Waals surface area contributed by atoms with Crippen LogP contribution in [-0.2, 0) is 22.7 Å². The highest BCUT2D eigenvalue weighted by atomic mass is 16.5. The van der Waals surface area contributed by atoms with Crippen LogP contribution in [-0.4, -0.2) is 48.6 Å². The van der Waals surface area contributed by atoms with Crippen molar-refractivity contribution in [2.75, 3.05) is 32.8 Å². The Morgan fingerprint density at radius 2 is 1.84 bits per heavy atom. The van der Waals surface area contributed by atoms with E-state index in [-0.39, 0.29) is 11.8 Å². The van der Waals surface area contributed by atoms with Gasteiger partial charge in [-0.3, -0.25) is 9.78 Å². The van der Waals surface area contributed by atoms with Crippen molar-refractivity contribution in [1.29, 1.82) is 0 Å². The fourth-order valence-electron chi connectivity index (χ4n) is 3.78. The molecule has 166 valence electrons. The summed E-state index contributed by atoms with van der Waals surface area (Å²) >= 11 is 0. The van der Waals surface area contributed by atoms with Crippen LogP contribution in [0.1, 0.15) is 22.7 Å². The lowest BCUT2D eigenvalue weighted by atomic mass is 9.97. The van der Waals surface area contributed by atoms with Crippen molar-refractivity contribution in [2.24, 2.45) is 0 Å². The average molecular weight is 432 g/mol. The molecule has 0 radical (unpaired) electrons. The van der Waals surface area contributed by atoms with E-state index in [1.165, 1.54) is 0 Å². The highest BCUT2D eigenvalue weighted by Gasteiger charge is 2.26. The third-order valence-corrected chi connectivity index (χ3v) is 5.51. The number of carbonyl (C=O) groups is 1. The maximum atomic E-state index is 13.2. The molecule has 1 saturated heterocycles. The summed E-state index contributed by atoms with van der Waals surface area (Å²) in [5.74, 6) is 0.733. The zero-order chi connectivity index (χ0) is 22.0. The Balaban J connectivity index is 1.35. The zero-order valence-corrected chi connectivity index (χ0v) is 18.2. The van der Waals surface area contributed by atoms with E-state index in [0.717, 1.165) is 22.6 Å². The Hall–Kier alpha value is -3.22. The lowest BCUT2D eigenvalue weighted by molar-refractivity contribution is -0.136. The van der Waals surface area contributed by atoms with E-state index in [1.807, 2.05) is 71.6 Å². The van der Waals surface area contributed by atoms with E-state index in [0.29, 0.717) is 46.0 Å². The Kier molecular flexibility index (Phi) is 7.84. The van der Waals surface area contributed by atoms with Gasteiger partial charge >= 0.3 is 0 Å². The largest absolute Gasteiger partial charge is 0.487 e. The number of amides is 1. The third kappa shape index (κ3) is 6.15. The number of carbonyl (C=O) groups excluding carboxylic acids is 1. The van der Waals surface area contributed by atoms with E-state index < -0.39 is 0 Å². The summed E-state index contributed by atoms with van der Waals surface area (Å²) in [4.78, 5) is 19.4. The minimum absolute atomic E-state index is 0.152. The second-order valence-corrected chi connectivity index (χ2v) is 7.79. The number of ether oxygens (including phenoxy) is 2. The van der Waals surface area contributed by atoms with Gasteiger partial charge in [0.2, 0.25) is 5.91 Å². The van der Waals surface area contributed by atoms with Crippen LogP contribution in [0, 0.1) is 0 Å². The van der Waals surface area contributed by atoms with Gasteiger partial charge in [0.15, 0.2) is 0 Å². The molecule has 6 nitrogen and oxygen atoms in total. The van der Waals surface area contributed by atoms with Crippen LogP contribution in [0.5, 0.6) is 5.75 Å². The molecule has 4 rings (SSSR count). The number of benzene rings is 2. The number of hydrogen-bond donors (Lipinski definition) is 1. The molecule has 1 fully saturated rings. The van der Waals surface area contributed by atoms with Crippen molar-refractivity contribution >= 4 is 5.91 Å². The van der Waals surface area contributed by atoms with Crippen LogP contribution >= 0.6 is 0 Å². The van der Waals surface area contributed by atoms with Crippen molar-refractivity contribution in [1.82, 2.24) is 15.2 Å². The highest BCUT2D eigenvalue weighted by Crippen LogP contribution is 2.20. The molecule has 0 spiro atoms. The summed E-state index contributed by atoms with van der Waals surface area (Å²) in [6, 6.07) is 23.8. The monoisotopic (exact) mass is 431 g/mol. The zero-order valence-electron chi connectivity index (χ0n) is 18.2. The number of nitrogens with one attached hydrogen (secondary N) is 1. The predicted octanol–water partition coefficient (Wildman–Crippen LogP) is 3.39. The van der Waals surface area contributed by atoms with Gasteiger partial charge in [0.25, 0.3) is 0 Å². The topological polar surface area (TPSA) is 63.7 Å². The minimum Gasteiger partial charge on any atom is -0.487 e. The summed E-state index contributed by atoms with van der Waals surface area (Å²) in [5.41, 5.74) is 3.03. The lowest BCUT2D eigenvalue weighted by Gasteiger charge is -2.30. The van der Waals surface area contributed by atoms with Crippen molar-refractivity contribution in [3.05, 3.63) is 95.8 Å². The predicted molar refractivity (Wildman–Crippen MR) is 123 cm³/mol. The van der Waals surface area contributed by atoms with Crippen LogP contribution in [0.3, 0.4) is 0 Å². The molecule has 1 aromatic heterocycles. The molecular weight excluding hydrogens is 402 g/mol. The van der Waals surface area contributed by atoms with Gasteiger partial charge in [-0.2, -0.15) is 0 Å². The fraction of sp³-hybridized carbons (Fsp3) is 0.308. The van der Waals surface area contributed by atoms with Gasteiger partial charge in [0, 0.05) is 32.4 Å². The van der Waals surface area contributed by atoms with Crippen molar-refractivity contribution in [2.45, 2.75) is 19.1 Å². The van der Waals surface area contributed by atoms with Gasteiger partial charge in [-0.05, 0) is 35.4 Å². The van der Waals surface area contributed by atoms with Crippen LogP contribution in [0.2, 0.25) is 0 Å². The Bertz CT molecular complexity index is 976. The van der Waals surface area contributed by atoms with Gasteiger partial charge < -0.3 is 19.7 Å². The number of pyridine rings is 1. The summed E-state index contributed by atoms with van der Waals surface area (Å²) < 4.78 is 11.3. The van der Waals surface area contributed by atoms with Crippen molar-refractivity contribution in [3.63, 3.8) is 0 Å². The molecule has 32 heavy (non-hydrogen) atoms. The van der Waals surface area contributed by atoms with Gasteiger partial charge in [-0.25, -0.2) is 0 Å². The first kappa shape index (κ1) is 22.0. The normalized spacial score (nSPS) is 14.7. The molecule has 6 heteroatoms. The lowest BCUT2D eigenvalue weighted by Crippen LogP contribution is -2.45. The summed E-state index contributed by atoms with van der Waals surface area (Å²) in [6.07, 6.45) is 1.76. The number of rotatable bonds is 9. The maximum Gasteiger partial charge on any atom is 0.231 e. The Morgan fingerprint density at radius 3 is 2.62 bits per heavy atom. The van der Waals surface area contributed by atoms with Gasteiger partial charge in [0.05, 0.1) is 24.8 Å². The Labute approximate surface area is 189 Å². The second kappa shape index (κ2) is 11.4. The van der Waals surface area contributed by atoms with E-state index >= 15 is 0 Å². The molecule has 1 atom stereocenters. The van der Waals surface area contributed by atoms with Gasteiger partial charge in [-0.15, -0.1) is 0 Å². The third-order valence-electron chi connectivity index (χ3n) is 5.51. The van der Waals surface area contributed by atoms with Crippen LogP contribution in [0.4, 0.5) is 0 Å². The van der Waals surface area contributed by atoms with Gasteiger partial charge in [-0.1, -0.05) is 48.5 Å². The molecule has 1 aliphatic rings. The summed E-state index contributed by atoms with van der Waals surface area (Å²) in [5, 5.41) is 3.47. The number of nitrogens with zero attached hydrogens (tertiary/aromatic N) is 2. The smallest absolute Gasteiger partial charge is 0.231 e. The maximum absolute atomic E-state index is 13.2. The molecule has 2 aromatic carbocycles. The molecular formula is C26H29N3O3. The summed E-state index contributed by atoms with van der Waals surface area (Å²) in [6.45, 7) is 4.16. The average Bonchev–Trinajstić information content (AvgIpc) is 2.87. The standard InChI is InChI=1S/C26H29N3O3/c30-26(29-13-15-31-16-14-29)25(22-8-2-1-3-9-22)19-27-18-21-7-6-11-24(17-21)32-20-23-10-4-5-12-28-23/h1-12,17,25,27H,13-16,18-20H2. The molecule has 1 aliphatic heterocycles. The first-order valence-electron chi connectivity index (χ1n) is 11.0. The van der Waals surface area contributed by atoms with Gasteiger partial charge in [0.1, 0.15) is 12.4 Å². The van der Waals surface area contributed by atoms with E-state index in [1.54, 1.807) is 6.20 Å². The second-order valence-electron chi connectivity index (χ2n) is 7.79. The van der Waals surface area contributed by atoms with E-state index in [2.05, 4.69) is 16.4 Å². The van der Waals surface area contributed by atoms with Crippen molar-refractivity contribution in [3.8, 4) is 5.75 Å². The van der Waals surface area contributed by atoms with Crippen LogP contribution < -0.4 is 10.1 Å². The Morgan fingerprint density at radius 1 is 1.03 bits per heavy atom. The first-order chi connectivity index (χ1) is 15.8. The number of morpholine rings is 1. The van der Waals surface area contributed by atoms with E-state index in [9.17, 15) is 4.79 Å². The highest BCUT2D eigenvalue weighted by molar-refractivity contribution is 5.84. The fourth-order valence-corrected chi connectivity index (χ4v) is 3.78. The van der Waals surface area contributed by atoms with Crippen molar-refractivity contribution < 1.29 is 14.3 Å².